The monoisotopic (exact) mass is 378 g/mol. The third kappa shape index (κ3) is 2.59. The highest BCUT2D eigenvalue weighted by molar-refractivity contribution is 6.32. The van der Waals surface area contributed by atoms with Crippen LogP contribution in [0.5, 0.6) is 0 Å². The van der Waals surface area contributed by atoms with Crippen LogP contribution in [-0.4, -0.2) is 42.5 Å². The summed E-state index contributed by atoms with van der Waals surface area (Å²) in [7, 11) is 0. The molecule has 0 bridgehead atoms. The molecule has 0 saturated heterocycles. The third-order valence-electron chi connectivity index (χ3n) is 4.91. The molecule has 8 heteroatoms. The number of carbonyl (C=O) groups is 1. The van der Waals surface area contributed by atoms with Gasteiger partial charge in [0.1, 0.15) is 11.2 Å². The number of hydrogen-bond donors (Lipinski definition) is 2. The van der Waals surface area contributed by atoms with Crippen molar-refractivity contribution in [3.05, 3.63) is 76.7 Å². The quantitative estimate of drug-likeness (QED) is 0.560. The molecule has 0 aliphatic carbocycles. The fourth-order valence-electron chi connectivity index (χ4n) is 3.61. The maximum atomic E-state index is 13.2. The first-order chi connectivity index (χ1) is 13.2. The molecule has 0 spiro atoms. The lowest BCUT2D eigenvalue weighted by Gasteiger charge is -2.34. The van der Waals surface area contributed by atoms with Crippen LogP contribution < -0.4 is 0 Å². The van der Waals surface area contributed by atoms with Crippen molar-refractivity contribution in [2.45, 2.75) is 12.5 Å². The molecule has 1 aliphatic rings. The number of nitrogens with one attached hydrogen (secondary N) is 2. The highest BCUT2D eigenvalue weighted by Gasteiger charge is 2.36. The van der Waals surface area contributed by atoms with Crippen LogP contribution >= 0.6 is 11.6 Å². The van der Waals surface area contributed by atoms with Crippen molar-refractivity contribution < 1.29 is 4.79 Å². The van der Waals surface area contributed by atoms with E-state index in [1.54, 1.807) is 11.2 Å². The second kappa shape index (κ2) is 6.21. The van der Waals surface area contributed by atoms with Gasteiger partial charge in [-0.3, -0.25) is 14.9 Å². The molecule has 134 valence electrons. The molecule has 1 aliphatic heterocycles. The number of aromatic amines is 2. The number of benzene rings is 1. The Bertz CT molecular complexity index is 1150. The van der Waals surface area contributed by atoms with Crippen LogP contribution in [0.25, 0.3) is 10.9 Å². The Balaban J connectivity index is 1.64. The van der Waals surface area contributed by atoms with Gasteiger partial charge >= 0.3 is 0 Å². The Kier molecular flexibility index (Phi) is 3.68. The van der Waals surface area contributed by atoms with Crippen LogP contribution in [0.3, 0.4) is 0 Å². The summed E-state index contributed by atoms with van der Waals surface area (Å²) in [5, 5.41) is 7.77. The Labute approximate surface area is 159 Å². The van der Waals surface area contributed by atoms with E-state index in [1.807, 2.05) is 36.4 Å². The van der Waals surface area contributed by atoms with E-state index < -0.39 is 0 Å². The van der Waals surface area contributed by atoms with E-state index in [-0.39, 0.29) is 17.1 Å². The van der Waals surface area contributed by atoms with Crippen molar-refractivity contribution >= 4 is 28.4 Å². The summed E-state index contributed by atoms with van der Waals surface area (Å²) in [6, 6.07) is 11.5. The van der Waals surface area contributed by atoms with E-state index in [0.29, 0.717) is 18.5 Å². The second-order valence-electron chi connectivity index (χ2n) is 6.44. The molecule has 0 unspecified atom stereocenters. The van der Waals surface area contributed by atoms with Gasteiger partial charge in [-0.25, -0.2) is 4.98 Å². The molecule has 7 nitrogen and oxygen atoms in total. The number of halogens is 1. The number of rotatable bonds is 2. The minimum Gasteiger partial charge on any atom is -0.346 e. The van der Waals surface area contributed by atoms with Crippen molar-refractivity contribution in [3.63, 3.8) is 0 Å². The lowest BCUT2D eigenvalue weighted by atomic mass is 9.98. The third-order valence-corrected chi connectivity index (χ3v) is 5.20. The molecule has 4 aromatic rings. The molecule has 1 aromatic carbocycles. The number of pyridine rings is 1. The normalized spacial score (nSPS) is 16.5. The second-order valence-corrected chi connectivity index (χ2v) is 6.82. The number of H-pyrrole nitrogens is 2. The molecule has 0 radical (unpaired) electrons. The van der Waals surface area contributed by atoms with Gasteiger partial charge in [-0.2, -0.15) is 5.10 Å². The van der Waals surface area contributed by atoms with E-state index in [4.69, 9.17) is 16.6 Å². The number of nitrogens with zero attached hydrogens (tertiary/aromatic N) is 4. The fraction of sp³-hybridized carbons (Fsp3) is 0.158. The summed E-state index contributed by atoms with van der Waals surface area (Å²) in [4.78, 5) is 27.4. The summed E-state index contributed by atoms with van der Waals surface area (Å²) in [6.45, 7) is 0.525. The summed E-state index contributed by atoms with van der Waals surface area (Å²) >= 11 is 6.10. The summed E-state index contributed by atoms with van der Waals surface area (Å²) < 4.78 is 0. The molecule has 3 aromatic heterocycles. The predicted octanol–water partition coefficient (Wildman–Crippen LogP) is 3.12. The van der Waals surface area contributed by atoms with E-state index in [9.17, 15) is 4.79 Å². The van der Waals surface area contributed by atoms with Crippen LogP contribution in [-0.2, 0) is 6.42 Å². The lowest BCUT2D eigenvalue weighted by molar-refractivity contribution is 0.0687. The minimum absolute atomic E-state index is 0.186. The van der Waals surface area contributed by atoms with Gasteiger partial charge in [0.05, 0.1) is 40.7 Å². The Morgan fingerprint density at radius 3 is 2.96 bits per heavy atom. The molecule has 0 saturated carbocycles. The van der Waals surface area contributed by atoms with Gasteiger partial charge in [0, 0.05) is 18.4 Å². The van der Waals surface area contributed by atoms with Crippen molar-refractivity contribution in [1.82, 2.24) is 30.0 Å². The summed E-state index contributed by atoms with van der Waals surface area (Å²) in [6.07, 6.45) is 3.79. The molecule has 5 rings (SSSR count). The molecule has 1 amide bonds. The summed E-state index contributed by atoms with van der Waals surface area (Å²) in [5.41, 5.74) is 3.86. The number of aromatic nitrogens is 5. The van der Waals surface area contributed by atoms with Crippen LogP contribution in [0.4, 0.5) is 0 Å². The number of para-hydroxylation sites is 1. The van der Waals surface area contributed by atoms with E-state index in [2.05, 4.69) is 20.2 Å². The molecular formula is C19H15ClN6O. The Morgan fingerprint density at radius 2 is 2.11 bits per heavy atom. The first kappa shape index (κ1) is 16.0. The van der Waals surface area contributed by atoms with Gasteiger partial charge in [0.25, 0.3) is 5.91 Å². The topological polar surface area (TPSA) is 90.6 Å². The van der Waals surface area contributed by atoms with E-state index in [1.165, 1.54) is 6.20 Å². The lowest BCUT2D eigenvalue weighted by Crippen LogP contribution is -2.41. The van der Waals surface area contributed by atoms with Crippen LogP contribution in [0.1, 0.15) is 33.5 Å². The molecular weight excluding hydrogens is 364 g/mol. The Hall–Kier alpha value is -3.19. The van der Waals surface area contributed by atoms with Gasteiger partial charge < -0.3 is 9.88 Å². The zero-order valence-corrected chi connectivity index (χ0v) is 14.9. The number of imidazole rings is 1. The smallest absolute Gasteiger partial charge is 0.259 e. The molecule has 1 atom stereocenters. The largest absolute Gasteiger partial charge is 0.346 e. The van der Waals surface area contributed by atoms with Crippen molar-refractivity contribution in [1.29, 1.82) is 0 Å². The Morgan fingerprint density at radius 1 is 1.22 bits per heavy atom. The molecule has 27 heavy (non-hydrogen) atoms. The fourth-order valence-corrected chi connectivity index (χ4v) is 3.79. The molecule has 4 heterocycles. The minimum atomic E-state index is -0.362. The van der Waals surface area contributed by atoms with Gasteiger partial charge in [-0.15, -0.1) is 0 Å². The average molecular weight is 379 g/mol. The van der Waals surface area contributed by atoms with Crippen molar-refractivity contribution in [2.24, 2.45) is 0 Å². The highest BCUT2D eigenvalue weighted by Crippen LogP contribution is 2.34. The van der Waals surface area contributed by atoms with Gasteiger partial charge in [0.2, 0.25) is 0 Å². The maximum absolute atomic E-state index is 13.2. The number of hydrogen-bond acceptors (Lipinski definition) is 4. The standard InChI is InChI=1S/C19H15ClN6O/c20-18-12(9-23-25-18)19(27)26-8-7-14-16(22-10-21-14)17(26)15-6-5-11-3-1-2-4-13(11)24-15/h1-6,9-10,17H,7-8H2,(H,21,22)(H,23,25)/t17-/m0/s1. The number of amides is 1. The van der Waals surface area contributed by atoms with Crippen LogP contribution in [0.15, 0.2) is 48.9 Å². The summed E-state index contributed by atoms with van der Waals surface area (Å²) in [5.74, 6) is -0.186. The highest BCUT2D eigenvalue weighted by atomic mass is 35.5. The molecule has 0 fully saturated rings. The average Bonchev–Trinajstić information content (AvgIpc) is 3.35. The number of fused-ring (bicyclic) bond motifs is 2. The van der Waals surface area contributed by atoms with E-state index in [0.717, 1.165) is 28.0 Å². The maximum Gasteiger partial charge on any atom is 0.259 e. The zero-order chi connectivity index (χ0) is 18.4. The van der Waals surface area contributed by atoms with E-state index >= 15 is 0 Å². The van der Waals surface area contributed by atoms with Crippen molar-refractivity contribution in [2.75, 3.05) is 6.54 Å². The SMILES string of the molecule is O=C(c1cn[nH]c1Cl)N1CCc2nc[nH]c2[C@@H]1c1ccc2ccccc2n1. The predicted molar refractivity (Wildman–Crippen MR) is 101 cm³/mol. The van der Waals surface area contributed by atoms with Gasteiger partial charge in [-0.1, -0.05) is 35.9 Å². The first-order valence-corrected chi connectivity index (χ1v) is 8.98. The van der Waals surface area contributed by atoms with Crippen molar-refractivity contribution in [3.8, 4) is 0 Å². The van der Waals surface area contributed by atoms with Gasteiger partial charge in [0.15, 0.2) is 0 Å². The van der Waals surface area contributed by atoms with Crippen LogP contribution in [0.2, 0.25) is 5.15 Å². The van der Waals surface area contributed by atoms with Crippen LogP contribution in [0, 0.1) is 0 Å². The molecule has 2 N–H and O–H groups in total. The number of carbonyl (C=O) groups excluding carboxylic acids is 1. The first-order valence-electron chi connectivity index (χ1n) is 8.60. The zero-order valence-electron chi connectivity index (χ0n) is 14.2. The van der Waals surface area contributed by atoms with Gasteiger partial charge in [-0.05, 0) is 12.1 Å².